The highest BCUT2D eigenvalue weighted by Crippen LogP contribution is 2.42. The predicted octanol–water partition coefficient (Wildman–Crippen LogP) is 14.2. The van der Waals surface area contributed by atoms with Gasteiger partial charge in [-0.05, 0) is 96.1 Å². The maximum absolute atomic E-state index is 2.42. The van der Waals surface area contributed by atoms with Crippen LogP contribution in [0.5, 0.6) is 0 Å². The molecule has 54 heavy (non-hydrogen) atoms. The largest absolute Gasteiger partial charge is 0.315 e. The molecule has 0 unspecified atom stereocenters. The number of fused-ring (bicyclic) bond motifs is 8. The summed E-state index contributed by atoms with van der Waals surface area (Å²) in [4.78, 5) is 2.35. The third-order valence-electron chi connectivity index (χ3n) is 10.7. The second-order valence-corrected chi connectivity index (χ2v) is 14.9. The molecule has 11 aromatic rings. The molecule has 8 aromatic carbocycles. The summed E-state index contributed by atoms with van der Waals surface area (Å²) in [6.07, 6.45) is 2.20. The summed E-state index contributed by atoms with van der Waals surface area (Å²) in [5.41, 5.74) is 11.7. The Kier molecular flexibility index (Phi) is 7.04. The lowest BCUT2D eigenvalue weighted by Crippen LogP contribution is -2.09. The van der Waals surface area contributed by atoms with Crippen molar-refractivity contribution < 1.29 is 0 Å². The molecule has 0 spiro atoms. The molecular weight excluding hydrogens is 675 g/mol. The van der Waals surface area contributed by atoms with E-state index in [2.05, 4.69) is 214 Å². The molecule has 254 valence electrons. The maximum Gasteiger partial charge on any atom is 0.0788 e. The number of anilines is 3. The summed E-state index contributed by atoms with van der Waals surface area (Å²) in [7, 11) is 0. The van der Waals surface area contributed by atoms with Crippen LogP contribution in [0.25, 0.3) is 75.4 Å². The Morgan fingerprint density at radius 1 is 0.389 bits per heavy atom. The summed E-state index contributed by atoms with van der Waals surface area (Å²) < 4.78 is 7.38. The summed E-state index contributed by atoms with van der Waals surface area (Å²) in [6, 6.07) is 70.3. The van der Waals surface area contributed by atoms with Gasteiger partial charge in [0, 0.05) is 71.0 Å². The Hall–Kier alpha value is -6.88. The van der Waals surface area contributed by atoms with Gasteiger partial charge in [-0.25, -0.2) is 0 Å². The van der Waals surface area contributed by atoms with Crippen molar-refractivity contribution in [1.29, 1.82) is 0 Å². The first-order valence-corrected chi connectivity index (χ1v) is 19.2. The third-order valence-corrected chi connectivity index (χ3v) is 11.9. The van der Waals surface area contributed by atoms with E-state index in [4.69, 9.17) is 0 Å². The van der Waals surface area contributed by atoms with E-state index >= 15 is 0 Å². The highest BCUT2D eigenvalue weighted by molar-refractivity contribution is 7.25. The Balaban J connectivity index is 0.975. The Bertz CT molecular complexity index is 3130. The minimum absolute atomic E-state index is 1.12. The number of hydrogen-bond donors (Lipinski definition) is 0. The summed E-state index contributed by atoms with van der Waals surface area (Å²) in [5, 5.41) is 6.34. The van der Waals surface area contributed by atoms with E-state index in [0.717, 1.165) is 28.4 Å². The summed E-state index contributed by atoms with van der Waals surface area (Å²) in [6.45, 7) is 0. The van der Waals surface area contributed by atoms with Crippen LogP contribution in [0.4, 0.5) is 17.1 Å². The van der Waals surface area contributed by atoms with Gasteiger partial charge in [0.1, 0.15) is 0 Å². The molecule has 3 aromatic heterocycles. The van der Waals surface area contributed by atoms with Crippen molar-refractivity contribution in [2.75, 3.05) is 4.90 Å². The molecule has 0 bridgehead atoms. The van der Waals surface area contributed by atoms with Gasteiger partial charge in [-0.15, -0.1) is 11.3 Å². The zero-order chi connectivity index (χ0) is 35.6. The first-order chi connectivity index (χ1) is 26.8. The molecule has 11 rings (SSSR count). The van der Waals surface area contributed by atoms with Crippen LogP contribution in [0.3, 0.4) is 0 Å². The molecule has 0 amide bonds. The summed E-state index contributed by atoms with van der Waals surface area (Å²) in [5.74, 6) is 0. The molecule has 0 saturated carbocycles. The SMILES string of the molecule is c1ccc(N(c2ccc(-c3ccc(-n4ccc5ccc6c7ccccc7n(-c7ccccc7)c6c54)cc3)cc2)c2ccc3sc4ccccc4c3c2)cc1. The lowest BCUT2D eigenvalue weighted by Gasteiger charge is -2.26. The van der Waals surface area contributed by atoms with E-state index in [1.165, 1.54) is 64.0 Å². The third kappa shape index (κ3) is 4.88. The highest BCUT2D eigenvalue weighted by atomic mass is 32.1. The Morgan fingerprint density at radius 3 is 1.81 bits per heavy atom. The van der Waals surface area contributed by atoms with Crippen molar-refractivity contribution in [3.63, 3.8) is 0 Å². The van der Waals surface area contributed by atoms with Crippen LogP contribution in [-0.2, 0) is 0 Å². The van der Waals surface area contributed by atoms with Gasteiger partial charge in [0.15, 0.2) is 0 Å². The van der Waals surface area contributed by atoms with Crippen molar-refractivity contribution in [3.8, 4) is 22.5 Å². The fourth-order valence-corrected chi connectivity index (χ4v) is 9.31. The van der Waals surface area contributed by atoms with Crippen LogP contribution in [-0.4, -0.2) is 9.13 Å². The molecular formula is C50H33N3S. The lowest BCUT2D eigenvalue weighted by molar-refractivity contribution is 1.12. The molecule has 0 fully saturated rings. The van der Waals surface area contributed by atoms with E-state index < -0.39 is 0 Å². The van der Waals surface area contributed by atoms with Gasteiger partial charge in [0.05, 0.1) is 16.6 Å². The number of thiophene rings is 1. The molecule has 3 nitrogen and oxygen atoms in total. The normalized spacial score (nSPS) is 11.7. The number of rotatable bonds is 6. The van der Waals surface area contributed by atoms with Crippen LogP contribution in [0, 0.1) is 0 Å². The molecule has 4 heteroatoms. The monoisotopic (exact) mass is 707 g/mol. The van der Waals surface area contributed by atoms with Gasteiger partial charge in [-0.1, -0.05) is 109 Å². The van der Waals surface area contributed by atoms with Crippen molar-refractivity contribution >= 4 is 81.3 Å². The number of benzene rings is 8. The molecule has 3 heterocycles. The quantitative estimate of drug-likeness (QED) is 0.168. The molecule has 0 aliphatic carbocycles. The average Bonchev–Trinajstić information content (AvgIpc) is 3.94. The van der Waals surface area contributed by atoms with Gasteiger partial charge >= 0.3 is 0 Å². The smallest absolute Gasteiger partial charge is 0.0788 e. The Morgan fingerprint density at radius 2 is 1.02 bits per heavy atom. The zero-order valence-corrected chi connectivity index (χ0v) is 30.1. The van der Waals surface area contributed by atoms with Gasteiger partial charge in [0.25, 0.3) is 0 Å². The van der Waals surface area contributed by atoms with Gasteiger partial charge < -0.3 is 14.0 Å². The van der Waals surface area contributed by atoms with Crippen molar-refractivity contribution in [2.45, 2.75) is 0 Å². The van der Waals surface area contributed by atoms with Crippen LogP contribution in [0.2, 0.25) is 0 Å². The fraction of sp³-hybridized carbons (Fsp3) is 0. The molecule has 0 aliphatic rings. The average molecular weight is 708 g/mol. The van der Waals surface area contributed by atoms with Gasteiger partial charge in [-0.2, -0.15) is 0 Å². The molecule has 0 aliphatic heterocycles. The van der Waals surface area contributed by atoms with Crippen molar-refractivity contribution in [2.24, 2.45) is 0 Å². The lowest BCUT2D eigenvalue weighted by atomic mass is 10.0. The number of nitrogens with zero attached hydrogens (tertiary/aromatic N) is 3. The minimum Gasteiger partial charge on any atom is -0.315 e. The fourth-order valence-electron chi connectivity index (χ4n) is 8.23. The highest BCUT2D eigenvalue weighted by Gasteiger charge is 2.18. The standard InChI is InChI=1S/C50H33N3S/c1-3-11-38(12-4-1)52(41-28-30-48-45(33-41)43-16-8-10-18-47(43)54-48)40-26-21-35(22-27-40)34-19-24-37(25-20-34)51-32-31-36-23-29-44-42-15-7-9-17-46(42)53(50(44)49(36)51)39-13-5-2-6-14-39/h1-33H. The van der Waals surface area contributed by atoms with Crippen molar-refractivity contribution in [1.82, 2.24) is 9.13 Å². The number of para-hydroxylation sites is 3. The first kappa shape index (κ1) is 30.7. The molecule has 0 saturated heterocycles. The second-order valence-electron chi connectivity index (χ2n) is 13.8. The zero-order valence-electron chi connectivity index (χ0n) is 29.3. The number of aromatic nitrogens is 2. The van der Waals surface area contributed by atoms with Crippen LogP contribution in [0.1, 0.15) is 0 Å². The summed E-state index contributed by atoms with van der Waals surface area (Å²) >= 11 is 1.85. The van der Waals surface area contributed by atoms with Gasteiger partial charge in [-0.3, -0.25) is 0 Å². The molecule has 0 atom stereocenters. The van der Waals surface area contributed by atoms with Crippen molar-refractivity contribution in [3.05, 3.63) is 200 Å². The van der Waals surface area contributed by atoms with E-state index in [-0.39, 0.29) is 0 Å². The minimum atomic E-state index is 1.12. The van der Waals surface area contributed by atoms with Gasteiger partial charge in [0.2, 0.25) is 0 Å². The topological polar surface area (TPSA) is 13.1 Å². The van der Waals surface area contributed by atoms with E-state index in [9.17, 15) is 0 Å². The van der Waals surface area contributed by atoms with E-state index in [1.807, 2.05) is 11.3 Å². The van der Waals surface area contributed by atoms with E-state index in [1.54, 1.807) is 0 Å². The predicted molar refractivity (Wildman–Crippen MR) is 231 cm³/mol. The maximum atomic E-state index is 2.42. The molecule has 0 N–H and O–H groups in total. The van der Waals surface area contributed by atoms with Crippen LogP contribution >= 0.6 is 11.3 Å². The first-order valence-electron chi connectivity index (χ1n) is 18.3. The number of hydrogen-bond acceptors (Lipinski definition) is 2. The second kappa shape index (κ2) is 12.4. The van der Waals surface area contributed by atoms with Crippen LogP contribution < -0.4 is 4.90 Å². The van der Waals surface area contributed by atoms with Crippen LogP contribution in [0.15, 0.2) is 200 Å². The molecule has 0 radical (unpaired) electrons. The van der Waals surface area contributed by atoms with E-state index in [0.29, 0.717) is 0 Å². The Labute approximate surface area is 316 Å².